The van der Waals surface area contributed by atoms with Crippen LogP contribution in [0.4, 0.5) is 16.2 Å². The van der Waals surface area contributed by atoms with Crippen molar-refractivity contribution in [2.75, 3.05) is 42.5 Å². The lowest BCUT2D eigenvalue weighted by atomic mass is 9.99. The molecule has 31 heavy (non-hydrogen) atoms. The third kappa shape index (κ3) is 3.98. The molecule has 2 aliphatic heterocycles. The molecule has 0 aliphatic carbocycles. The first-order chi connectivity index (χ1) is 14.9. The molecule has 0 unspecified atom stereocenters. The fourth-order valence-electron chi connectivity index (χ4n) is 4.32. The second-order valence-corrected chi connectivity index (χ2v) is 7.95. The van der Waals surface area contributed by atoms with Gasteiger partial charge in [-0.1, -0.05) is 18.2 Å². The average molecular weight is 422 g/mol. The number of carbonyl (C=O) groups is 3. The van der Waals surface area contributed by atoms with Gasteiger partial charge in [-0.2, -0.15) is 0 Å². The third-order valence-electron chi connectivity index (χ3n) is 5.85. The van der Waals surface area contributed by atoms with Gasteiger partial charge in [-0.3, -0.25) is 14.5 Å². The van der Waals surface area contributed by atoms with Crippen LogP contribution in [-0.2, 0) is 4.79 Å². The lowest BCUT2D eigenvalue weighted by molar-refractivity contribution is -0.117. The molecule has 8 heteroatoms. The van der Waals surface area contributed by atoms with E-state index >= 15 is 0 Å². The van der Waals surface area contributed by atoms with E-state index in [1.807, 2.05) is 30.0 Å². The summed E-state index contributed by atoms with van der Waals surface area (Å²) >= 11 is 0. The number of hydrogen-bond donors (Lipinski definition) is 2. The molecule has 2 aliphatic rings. The van der Waals surface area contributed by atoms with Crippen molar-refractivity contribution in [2.24, 2.45) is 0 Å². The summed E-state index contributed by atoms with van der Waals surface area (Å²) in [4.78, 5) is 41.4. The molecule has 0 spiro atoms. The Morgan fingerprint density at radius 1 is 0.968 bits per heavy atom. The van der Waals surface area contributed by atoms with Crippen LogP contribution in [-0.4, -0.2) is 66.7 Å². The van der Waals surface area contributed by atoms with E-state index in [2.05, 4.69) is 5.32 Å². The number of benzene rings is 2. The van der Waals surface area contributed by atoms with Crippen molar-refractivity contribution in [3.05, 3.63) is 48.0 Å². The van der Waals surface area contributed by atoms with Crippen molar-refractivity contribution in [3.63, 3.8) is 0 Å². The largest absolute Gasteiger partial charge is 0.465 e. The summed E-state index contributed by atoms with van der Waals surface area (Å²) in [6, 6.07) is 12.6. The molecule has 2 aromatic rings. The zero-order valence-corrected chi connectivity index (χ0v) is 17.7. The van der Waals surface area contributed by atoms with Crippen LogP contribution < -0.4 is 15.1 Å². The number of anilines is 2. The Morgan fingerprint density at radius 3 is 2.23 bits per heavy atom. The Labute approximate surface area is 181 Å². The Kier molecular flexibility index (Phi) is 5.65. The van der Waals surface area contributed by atoms with Crippen LogP contribution in [0.15, 0.2) is 42.5 Å². The minimum atomic E-state index is -1.05. The normalized spacial score (nSPS) is 18.5. The molecular weight excluding hydrogens is 396 g/mol. The fraction of sp³-hybridized carbons (Fsp3) is 0.348. The summed E-state index contributed by atoms with van der Waals surface area (Å²) in [5.41, 5.74) is 3.40. The monoisotopic (exact) mass is 422 g/mol. The van der Waals surface area contributed by atoms with Crippen LogP contribution in [0.3, 0.4) is 0 Å². The predicted octanol–water partition coefficient (Wildman–Crippen LogP) is 2.64. The van der Waals surface area contributed by atoms with Crippen molar-refractivity contribution in [2.45, 2.75) is 19.9 Å². The zero-order valence-electron chi connectivity index (χ0n) is 17.7. The van der Waals surface area contributed by atoms with Crippen LogP contribution in [0.5, 0.6) is 0 Å². The predicted molar refractivity (Wildman–Crippen MR) is 119 cm³/mol. The van der Waals surface area contributed by atoms with Gasteiger partial charge in [-0.25, -0.2) is 4.79 Å². The van der Waals surface area contributed by atoms with E-state index in [-0.39, 0.29) is 24.4 Å². The van der Waals surface area contributed by atoms with Gasteiger partial charge in [0.1, 0.15) is 0 Å². The maximum absolute atomic E-state index is 12.7. The average Bonchev–Trinajstić information content (AvgIpc) is 2.78. The van der Waals surface area contributed by atoms with E-state index in [0.717, 1.165) is 24.2 Å². The maximum atomic E-state index is 12.7. The van der Waals surface area contributed by atoms with Gasteiger partial charge in [-0.15, -0.1) is 0 Å². The number of fused-ring (bicyclic) bond motifs is 1. The van der Waals surface area contributed by atoms with Gasteiger partial charge >= 0.3 is 6.09 Å². The first kappa shape index (κ1) is 20.9. The maximum Gasteiger partial charge on any atom is 0.411 e. The lowest BCUT2D eigenvalue weighted by Crippen LogP contribution is -2.51. The molecule has 4 rings (SSSR count). The summed E-state index contributed by atoms with van der Waals surface area (Å²) in [7, 11) is 0. The van der Waals surface area contributed by atoms with E-state index in [4.69, 9.17) is 0 Å². The van der Waals surface area contributed by atoms with Crippen LogP contribution in [0.25, 0.3) is 11.1 Å². The van der Waals surface area contributed by atoms with E-state index < -0.39 is 6.09 Å². The Bertz CT molecular complexity index is 1010. The minimum absolute atomic E-state index is 0.0154. The summed E-state index contributed by atoms with van der Waals surface area (Å²) in [5.74, 6) is -0.107. The molecule has 3 amide bonds. The molecule has 8 nitrogen and oxygen atoms in total. The molecular formula is C23H26N4O4. The van der Waals surface area contributed by atoms with Gasteiger partial charge in [0.25, 0.3) is 5.91 Å². The van der Waals surface area contributed by atoms with Crippen molar-refractivity contribution in [3.8, 4) is 11.1 Å². The summed E-state index contributed by atoms with van der Waals surface area (Å²) in [6.07, 6.45) is -1.05. The molecule has 2 N–H and O–H groups in total. The highest BCUT2D eigenvalue weighted by Gasteiger charge is 2.33. The topological polar surface area (TPSA) is 93.2 Å². The molecule has 0 bridgehead atoms. The number of amides is 3. The number of piperazine rings is 1. The van der Waals surface area contributed by atoms with Crippen molar-refractivity contribution < 1.29 is 19.5 Å². The van der Waals surface area contributed by atoms with Crippen molar-refractivity contribution in [1.82, 2.24) is 10.2 Å². The van der Waals surface area contributed by atoms with E-state index in [0.29, 0.717) is 30.0 Å². The van der Waals surface area contributed by atoms with Gasteiger partial charge in [0, 0.05) is 45.2 Å². The summed E-state index contributed by atoms with van der Waals surface area (Å²) in [6.45, 7) is 6.53. The van der Waals surface area contributed by atoms with Crippen molar-refractivity contribution >= 4 is 29.3 Å². The summed E-state index contributed by atoms with van der Waals surface area (Å²) < 4.78 is 0. The number of nitrogens with zero attached hydrogens (tertiary/aromatic N) is 3. The van der Waals surface area contributed by atoms with Crippen LogP contribution in [0.1, 0.15) is 24.2 Å². The van der Waals surface area contributed by atoms with Gasteiger partial charge in [0.05, 0.1) is 17.4 Å². The zero-order chi connectivity index (χ0) is 22.1. The number of carboxylic acid groups (broad SMARTS) is 1. The molecule has 1 saturated heterocycles. The van der Waals surface area contributed by atoms with Crippen LogP contribution in [0, 0.1) is 0 Å². The quantitative estimate of drug-likeness (QED) is 0.776. The molecule has 1 fully saturated rings. The lowest BCUT2D eigenvalue weighted by Gasteiger charge is -2.39. The Balaban J connectivity index is 1.65. The van der Waals surface area contributed by atoms with Crippen molar-refractivity contribution in [1.29, 1.82) is 0 Å². The second kappa shape index (κ2) is 8.39. The van der Waals surface area contributed by atoms with Gasteiger partial charge in [0.2, 0.25) is 5.91 Å². The van der Waals surface area contributed by atoms with Gasteiger partial charge in [-0.05, 0) is 42.3 Å². The number of rotatable bonds is 2. The highest BCUT2D eigenvalue weighted by Crippen LogP contribution is 2.39. The summed E-state index contributed by atoms with van der Waals surface area (Å²) in [5, 5.41) is 12.9. The molecule has 0 radical (unpaired) electrons. The molecule has 2 aromatic carbocycles. The molecule has 0 saturated carbocycles. The number of nitrogens with one attached hydrogen (secondary N) is 1. The van der Waals surface area contributed by atoms with E-state index in [9.17, 15) is 19.5 Å². The first-order valence-corrected chi connectivity index (χ1v) is 10.4. The number of hydrogen-bond acceptors (Lipinski definition) is 4. The standard InChI is InChI=1S/C23H26N4O4/c1-15-14-26(23(30)31)21-13-19(7-8-20(21)27(15)16(2)28)17-3-5-18(6-4-17)22(29)25-11-9-24-10-12-25/h3-8,13,15,24H,9-12,14H2,1-2H3,(H,30,31)/t15-/m0/s1. The van der Waals surface area contributed by atoms with Gasteiger partial charge < -0.3 is 20.2 Å². The smallest absolute Gasteiger partial charge is 0.411 e. The highest BCUT2D eigenvalue weighted by atomic mass is 16.4. The van der Waals surface area contributed by atoms with E-state index in [1.165, 1.54) is 11.8 Å². The molecule has 162 valence electrons. The fourth-order valence-corrected chi connectivity index (χ4v) is 4.32. The van der Waals surface area contributed by atoms with E-state index in [1.54, 1.807) is 29.2 Å². The van der Waals surface area contributed by atoms with Gasteiger partial charge in [0.15, 0.2) is 0 Å². The highest BCUT2D eigenvalue weighted by molar-refractivity contribution is 6.03. The SMILES string of the molecule is CC(=O)N1c2ccc(-c3ccc(C(=O)N4CCNCC4)cc3)cc2N(C(=O)O)C[C@@H]1C. The van der Waals surface area contributed by atoms with Crippen LogP contribution >= 0.6 is 0 Å². The first-order valence-electron chi connectivity index (χ1n) is 10.4. The molecule has 0 aromatic heterocycles. The second-order valence-electron chi connectivity index (χ2n) is 7.95. The number of carbonyl (C=O) groups excluding carboxylic acids is 2. The minimum Gasteiger partial charge on any atom is -0.465 e. The van der Waals surface area contributed by atoms with Crippen LogP contribution in [0.2, 0.25) is 0 Å². The Hall–Kier alpha value is -3.39. The molecule has 1 atom stereocenters. The third-order valence-corrected chi connectivity index (χ3v) is 5.85. The Morgan fingerprint density at radius 2 is 1.61 bits per heavy atom. The molecule has 2 heterocycles.